The van der Waals surface area contributed by atoms with Crippen LogP contribution in [0.15, 0.2) is 61.2 Å². The lowest BCUT2D eigenvalue weighted by molar-refractivity contribution is 0.415. The first-order valence-electron chi connectivity index (χ1n) is 8.60. The van der Waals surface area contributed by atoms with Crippen LogP contribution in [0.25, 0.3) is 28.1 Å². The van der Waals surface area contributed by atoms with E-state index < -0.39 is 0 Å². The number of nitrogens with one attached hydrogen (secondary N) is 2. The summed E-state index contributed by atoms with van der Waals surface area (Å²) in [6.07, 6.45) is 3.33. The third-order valence-corrected chi connectivity index (χ3v) is 4.77. The molecule has 3 aromatic heterocycles. The molecular weight excluding hydrogens is 376 g/mol. The number of nitrogens with zero attached hydrogens (tertiary/aromatic N) is 4. The maximum atomic E-state index is 6.06. The van der Waals surface area contributed by atoms with Crippen LogP contribution >= 0.6 is 11.6 Å². The number of aromatic amines is 1. The number of imidazole rings is 2. The number of aromatic nitrogens is 5. The SMILES string of the molecule is COc1ccc(Nc2c(-c3ccc(Cl)cc3)nc3c4[nH]cnc4ncn23)cc1. The first-order chi connectivity index (χ1) is 13.7. The largest absolute Gasteiger partial charge is 0.497 e. The van der Waals surface area contributed by atoms with Gasteiger partial charge >= 0.3 is 0 Å². The molecule has 28 heavy (non-hydrogen) atoms. The molecule has 138 valence electrons. The second-order valence-corrected chi connectivity index (χ2v) is 6.65. The summed E-state index contributed by atoms with van der Waals surface area (Å²) in [5.74, 6) is 1.59. The number of anilines is 2. The fourth-order valence-electron chi connectivity index (χ4n) is 3.12. The molecular formula is C20H15ClN6O. The van der Waals surface area contributed by atoms with Crippen molar-refractivity contribution in [2.24, 2.45) is 0 Å². The lowest BCUT2D eigenvalue weighted by atomic mass is 10.1. The summed E-state index contributed by atoms with van der Waals surface area (Å²) in [5, 5.41) is 4.13. The van der Waals surface area contributed by atoms with Crippen molar-refractivity contribution in [3.8, 4) is 17.0 Å². The van der Waals surface area contributed by atoms with Gasteiger partial charge in [-0.25, -0.2) is 15.0 Å². The minimum absolute atomic E-state index is 0.621. The predicted octanol–water partition coefficient (Wildman–Crippen LogP) is 4.68. The molecule has 0 aliphatic carbocycles. The highest BCUT2D eigenvalue weighted by atomic mass is 35.5. The fraction of sp³-hybridized carbons (Fsp3) is 0.0500. The number of hydrogen-bond acceptors (Lipinski definition) is 5. The van der Waals surface area contributed by atoms with Crippen molar-refractivity contribution in [2.75, 3.05) is 12.4 Å². The highest BCUT2D eigenvalue weighted by Crippen LogP contribution is 2.33. The first-order valence-corrected chi connectivity index (χ1v) is 8.98. The van der Waals surface area contributed by atoms with Gasteiger partial charge in [-0.3, -0.25) is 4.40 Å². The Morgan fingerprint density at radius 2 is 1.82 bits per heavy atom. The van der Waals surface area contributed by atoms with E-state index in [0.717, 1.165) is 39.7 Å². The highest BCUT2D eigenvalue weighted by molar-refractivity contribution is 6.30. The third-order valence-electron chi connectivity index (χ3n) is 4.52. The molecule has 2 aromatic carbocycles. The average Bonchev–Trinajstić information content (AvgIpc) is 3.34. The zero-order valence-corrected chi connectivity index (χ0v) is 15.6. The average molecular weight is 391 g/mol. The van der Waals surface area contributed by atoms with Crippen LogP contribution in [0.1, 0.15) is 0 Å². The molecule has 0 radical (unpaired) electrons. The molecule has 0 bridgehead atoms. The topological polar surface area (TPSA) is 80.1 Å². The summed E-state index contributed by atoms with van der Waals surface area (Å²) < 4.78 is 7.15. The quantitative estimate of drug-likeness (QED) is 0.465. The number of fused-ring (bicyclic) bond motifs is 3. The Labute approximate surface area is 165 Å². The highest BCUT2D eigenvalue weighted by Gasteiger charge is 2.18. The predicted molar refractivity (Wildman–Crippen MR) is 109 cm³/mol. The zero-order chi connectivity index (χ0) is 19.1. The molecule has 0 unspecified atom stereocenters. The van der Waals surface area contributed by atoms with Gasteiger partial charge < -0.3 is 15.0 Å². The number of hydrogen-bond donors (Lipinski definition) is 2. The summed E-state index contributed by atoms with van der Waals surface area (Å²) in [5.41, 5.74) is 4.77. The van der Waals surface area contributed by atoms with Gasteiger partial charge in [-0.2, -0.15) is 0 Å². The Morgan fingerprint density at radius 3 is 2.57 bits per heavy atom. The Hall–Kier alpha value is -3.58. The van der Waals surface area contributed by atoms with Crippen LogP contribution in [0.5, 0.6) is 5.75 Å². The van der Waals surface area contributed by atoms with Crippen molar-refractivity contribution in [1.82, 2.24) is 24.3 Å². The lowest BCUT2D eigenvalue weighted by Gasteiger charge is -2.09. The van der Waals surface area contributed by atoms with Crippen molar-refractivity contribution in [3.63, 3.8) is 0 Å². The van der Waals surface area contributed by atoms with Crippen molar-refractivity contribution >= 4 is 39.9 Å². The lowest BCUT2D eigenvalue weighted by Crippen LogP contribution is -1.98. The van der Waals surface area contributed by atoms with Gasteiger partial charge in [-0.15, -0.1) is 0 Å². The van der Waals surface area contributed by atoms with Crippen LogP contribution in [-0.4, -0.2) is 31.4 Å². The molecule has 0 fully saturated rings. The standard InChI is InChI=1S/C20H15ClN6O/c1-28-15-8-6-14(7-9-15)25-19-16(12-2-4-13(21)5-3-12)26-20-17-18(23-10-22-17)24-11-27(19)20/h2-11,25H,1H3,(H,22,23). The molecule has 0 aliphatic heterocycles. The van der Waals surface area contributed by atoms with Gasteiger partial charge in [0.15, 0.2) is 11.3 Å². The van der Waals surface area contributed by atoms with Gasteiger partial charge in [0.05, 0.1) is 13.4 Å². The monoisotopic (exact) mass is 390 g/mol. The number of methoxy groups -OCH3 is 1. The molecule has 8 heteroatoms. The molecule has 0 atom stereocenters. The van der Waals surface area contributed by atoms with Gasteiger partial charge in [0, 0.05) is 16.3 Å². The summed E-state index contributed by atoms with van der Waals surface area (Å²) >= 11 is 6.06. The Morgan fingerprint density at radius 1 is 1.04 bits per heavy atom. The molecule has 0 saturated carbocycles. The number of ether oxygens (including phenoxy) is 1. The van der Waals surface area contributed by atoms with Crippen LogP contribution in [0.3, 0.4) is 0 Å². The maximum absolute atomic E-state index is 6.06. The van der Waals surface area contributed by atoms with E-state index in [0.29, 0.717) is 10.7 Å². The van der Waals surface area contributed by atoms with Crippen LogP contribution in [0, 0.1) is 0 Å². The second kappa shape index (κ2) is 6.54. The smallest absolute Gasteiger partial charge is 0.182 e. The number of rotatable bonds is 4. The minimum atomic E-state index is 0.621. The molecule has 5 rings (SSSR count). The van der Waals surface area contributed by atoms with Gasteiger partial charge in [0.1, 0.15) is 29.1 Å². The van der Waals surface area contributed by atoms with Gasteiger partial charge in [-0.1, -0.05) is 23.7 Å². The van der Waals surface area contributed by atoms with Crippen LogP contribution in [0.2, 0.25) is 5.02 Å². The van der Waals surface area contributed by atoms with Gasteiger partial charge in [0.25, 0.3) is 0 Å². The third kappa shape index (κ3) is 2.73. The van der Waals surface area contributed by atoms with E-state index in [1.165, 1.54) is 0 Å². The van der Waals surface area contributed by atoms with E-state index in [4.69, 9.17) is 21.3 Å². The minimum Gasteiger partial charge on any atom is -0.497 e. The van der Waals surface area contributed by atoms with Crippen molar-refractivity contribution in [1.29, 1.82) is 0 Å². The number of benzene rings is 2. The van der Waals surface area contributed by atoms with Crippen molar-refractivity contribution in [2.45, 2.75) is 0 Å². The fourth-order valence-corrected chi connectivity index (χ4v) is 3.25. The van der Waals surface area contributed by atoms with Crippen LogP contribution in [0.4, 0.5) is 11.5 Å². The Bertz CT molecular complexity index is 1270. The molecule has 3 heterocycles. The summed E-state index contributed by atoms with van der Waals surface area (Å²) in [6, 6.07) is 15.3. The maximum Gasteiger partial charge on any atom is 0.182 e. The molecule has 2 N–H and O–H groups in total. The van der Waals surface area contributed by atoms with E-state index in [1.807, 2.05) is 52.9 Å². The Kier molecular flexibility index (Phi) is 3.87. The number of halogens is 1. The molecule has 0 amide bonds. The second-order valence-electron chi connectivity index (χ2n) is 6.21. The van der Waals surface area contributed by atoms with E-state index in [1.54, 1.807) is 19.8 Å². The number of H-pyrrole nitrogens is 1. The van der Waals surface area contributed by atoms with E-state index >= 15 is 0 Å². The van der Waals surface area contributed by atoms with Gasteiger partial charge in [0.2, 0.25) is 0 Å². The van der Waals surface area contributed by atoms with Gasteiger partial charge in [-0.05, 0) is 36.4 Å². The zero-order valence-electron chi connectivity index (χ0n) is 14.8. The summed E-state index contributed by atoms with van der Waals surface area (Å²) in [4.78, 5) is 16.6. The molecule has 5 aromatic rings. The van der Waals surface area contributed by atoms with E-state index in [9.17, 15) is 0 Å². The molecule has 7 nitrogen and oxygen atoms in total. The van der Waals surface area contributed by atoms with Crippen LogP contribution < -0.4 is 10.1 Å². The first kappa shape index (κ1) is 16.6. The molecule has 0 aliphatic rings. The van der Waals surface area contributed by atoms with E-state index in [-0.39, 0.29) is 0 Å². The summed E-state index contributed by atoms with van der Waals surface area (Å²) in [7, 11) is 1.65. The van der Waals surface area contributed by atoms with E-state index in [2.05, 4.69) is 20.3 Å². The van der Waals surface area contributed by atoms with Crippen LogP contribution in [-0.2, 0) is 0 Å². The van der Waals surface area contributed by atoms with Crippen molar-refractivity contribution in [3.05, 3.63) is 66.2 Å². The molecule has 0 saturated heterocycles. The molecule has 0 spiro atoms. The summed E-state index contributed by atoms with van der Waals surface area (Å²) in [6.45, 7) is 0. The van der Waals surface area contributed by atoms with Crippen molar-refractivity contribution < 1.29 is 4.74 Å². The Balaban J connectivity index is 1.71. The normalized spacial score (nSPS) is 11.2.